The Kier molecular flexibility index (Phi) is 6.02. The molecule has 0 spiro atoms. The maximum Gasteiger partial charge on any atom is 0.302 e. The summed E-state index contributed by atoms with van der Waals surface area (Å²) in [6.45, 7) is 4.73. The Morgan fingerprint density at radius 3 is 2.62 bits per heavy atom. The molecule has 1 N–H and O–H groups in total. The molecule has 0 bridgehead atoms. The van der Waals surface area contributed by atoms with E-state index in [2.05, 4.69) is 5.32 Å². The second-order valence-electron chi connectivity index (χ2n) is 4.34. The van der Waals surface area contributed by atoms with Gasteiger partial charge in [0.2, 0.25) is 0 Å². The topological polar surface area (TPSA) is 64.6 Å². The summed E-state index contributed by atoms with van der Waals surface area (Å²) < 4.78 is 9.74. The van der Waals surface area contributed by atoms with Crippen LogP contribution in [0.3, 0.4) is 0 Å². The first-order chi connectivity index (χ1) is 9.93. The molecular weight excluding hydrogens is 270 g/mol. The number of terminal acetylenes is 1. The van der Waals surface area contributed by atoms with E-state index in [1.54, 1.807) is 38.1 Å². The molecule has 1 amide bonds. The lowest BCUT2D eigenvalue weighted by molar-refractivity contribution is -0.142. The lowest BCUT2D eigenvalue weighted by atomic mass is 10.2. The number of rotatable bonds is 5. The van der Waals surface area contributed by atoms with Crippen LogP contribution >= 0.6 is 0 Å². The van der Waals surface area contributed by atoms with E-state index in [1.807, 2.05) is 6.11 Å². The zero-order chi connectivity index (χ0) is 15.8. The Morgan fingerprint density at radius 2 is 2.00 bits per heavy atom. The molecule has 0 heterocycles. The molecule has 0 aliphatic carbocycles. The largest absolute Gasteiger partial charge is 0.461 e. The van der Waals surface area contributed by atoms with Crippen LogP contribution < -0.4 is 5.32 Å². The standard InChI is InChI=1S/C16H17NO4/c1-5-20-12(3)11(2)16(19)17-15-8-6-7-14(9-15)10-21-13(4)18/h1,6-9H,10H2,2-4H3,(H,17,19)/b12-11+. The minimum atomic E-state index is -0.356. The zero-order valence-corrected chi connectivity index (χ0v) is 12.2. The predicted octanol–water partition coefficient (Wildman–Crippen LogP) is 2.59. The molecule has 1 aromatic rings. The molecule has 1 aromatic carbocycles. The van der Waals surface area contributed by atoms with Crippen LogP contribution in [0.5, 0.6) is 0 Å². The molecule has 0 radical (unpaired) electrons. The van der Waals surface area contributed by atoms with Crippen molar-refractivity contribution >= 4 is 17.6 Å². The van der Waals surface area contributed by atoms with Crippen molar-refractivity contribution in [1.82, 2.24) is 0 Å². The Hall–Kier alpha value is -2.74. The van der Waals surface area contributed by atoms with Crippen molar-refractivity contribution < 1.29 is 19.1 Å². The van der Waals surface area contributed by atoms with Crippen LogP contribution in [-0.4, -0.2) is 11.9 Å². The van der Waals surface area contributed by atoms with Gasteiger partial charge in [0.15, 0.2) is 0 Å². The molecule has 5 heteroatoms. The molecule has 1 rings (SSSR count). The number of ether oxygens (including phenoxy) is 2. The van der Waals surface area contributed by atoms with Gasteiger partial charge in [-0.3, -0.25) is 9.59 Å². The number of hydrogen-bond acceptors (Lipinski definition) is 4. The van der Waals surface area contributed by atoms with Crippen molar-refractivity contribution in [2.75, 3.05) is 5.32 Å². The number of anilines is 1. The third kappa shape index (κ3) is 5.41. The molecule has 0 aliphatic rings. The lowest BCUT2D eigenvalue weighted by Gasteiger charge is -2.09. The summed E-state index contributed by atoms with van der Waals surface area (Å²) in [5.74, 6) is -0.302. The van der Waals surface area contributed by atoms with Crippen LogP contribution in [0.25, 0.3) is 0 Å². The van der Waals surface area contributed by atoms with E-state index in [-0.39, 0.29) is 18.5 Å². The van der Waals surface area contributed by atoms with Crippen molar-refractivity contribution in [3.8, 4) is 12.5 Å². The first-order valence-electron chi connectivity index (χ1n) is 6.27. The normalized spacial score (nSPS) is 11.0. The average molecular weight is 287 g/mol. The molecule has 5 nitrogen and oxygen atoms in total. The minimum Gasteiger partial charge on any atom is -0.461 e. The number of amides is 1. The predicted molar refractivity (Wildman–Crippen MR) is 78.8 cm³/mol. The van der Waals surface area contributed by atoms with Crippen LogP contribution in [-0.2, 0) is 25.7 Å². The Bertz CT molecular complexity index is 611. The monoisotopic (exact) mass is 287 g/mol. The SMILES string of the molecule is C#CO/C(C)=C(\C)C(=O)Nc1cccc(COC(C)=O)c1. The van der Waals surface area contributed by atoms with Crippen LogP contribution in [0.1, 0.15) is 26.3 Å². The molecular formula is C16H17NO4. The van der Waals surface area contributed by atoms with E-state index in [0.29, 0.717) is 17.0 Å². The maximum atomic E-state index is 12.0. The second kappa shape index (κ2) is 7.75. The van der Waals surface area contributed by atoms with Gasteiger partial charge in [-0.25, -0.2) is 0 Å². The molecule has 0 saturated carbocycles. The molecule has 0 atom stereocenters. The van der Waals surface area contributed by atoms with Gasteiger partial charge >= 0.3 is 5.97 Å². The van der Waals surface area contributed by atoms with Crippen molar-refractivity contribution in [3.05, 3.63) is 41.2 Å². The first-order valence-corrected chi connectivity index (χ1v) is 6.27. The summed E-state index contributed by atoms with van der Waals surface area (Å²) in [7, 11) is 0. The molecule has 0 aromatic heterocycles. The lowest BCUT2D eigenvalue weighted by Crippen LogP contribution is -2.14. The zero-order valence-electron chi connectivity index (χ0n) is 12.2. The molecule has 110 valence electrons. The van der Waals surface area contributed by atoms with Gasteiger partial charge in [-0.05, 0) is 31.5 Å². The molecule has 0 fully saturated rings. The van der Waals surface area contributed by atoms with Gasteiger partial charge in [-0.15, -0.1) is 0 Å². The van der Waals surface area contributed by atoms with E-state index in [4.69, 9.17) is 15.9 Å². The highest BCUT2D eigenvalue weighted by Gasteiger charge is 2.09. The Balaban J connectivity index is 2.77. The van der Waals surface area contributed by atoms with Crippen molar-refractivity contribution in [2.45, 2.75) is 27.4 Å². The number of benzene rings is 1. The third-order valence-electron chi connectivity index (χ3n) is 2.71. The van der Waals surface area contributed by atoms with Crippen LogP contribution in [0.15, 0.2) is 35.6 Å². The van der Waals surface area contributed by atoms with Gasteiger partial charge in [-0.1, -0.05) is 18.6 Å². The second-order valence-corrected chi connectivity index (χ2v) is 4.34. The smallest absolute Gasteiger partial charge is 0.302 e. The van der Waals surface area contributed by atoms with Gasteiger partial charge in [-0.2, -0.15) is 0 Å². The molecule has 0 aliphatic heterocycles. The minimum absolute atomic E-state index is 0.160. The number of esters is 1. The first kappa shape index (κ1) is 16.3. The third-order valence-corrected chi connectivity index (χ3v) is 2.71. The number of nitrogens with one attached hydrogen (secondary N) is 1. The molecule has 21 heavy (non-hydrogen) atoms. The highest BCUT2D eigenvalue weighted by molar-refractivity contribution is 6.03. The molecule has 0 saturated heterocycles. The maximum absolute atomic E-state index is 12.0. The van der Waals surface area contributed by atoms with E-state index in [1.165, 1.54) is 6.92 Å². The van der Waals surface area contributed by atoms with Gasteiger partial charge in [0.25, 0.3) is 5.91 Å². The van der Waals surface area contributed by atoms with Crippen molar-refractivity contribution in [3.63, 3.8) is 0 Å². The fraction of sp³-hybridized carbons (Fsp3) is 0.250. The van der Waals surface area contributed by atoms with Crippen molar-refractivity contribution in [1.29, 1.82) is 0 Å². The van der Waals surface area contributed by atoms with Crippen LogP contribution in [0, 0.1) is 12.5 Å². The highest BCUT2D eigenvalue weighted by Crippen LogP contribution is 2.14. The summed E-state index contributed by atoms with van der Waals surface area (Å²) >= 11 is 0. The van der Waals surface area contributed by atoms with Crippen LogP contribution in [0.2, 0.25) is 0 Å². The fourth-order valence-electron chi connectivity index (χ4n) is 1.47. The van der Waals surface area contributed by atoms with E-state index in [0.717, 1.165) is 5.56 Å². The average Bonchev–Trinajstić information content (AvgIpc) is 2.45. The number of carbonyl (C=O) groups excluding carboxylic acids is 2. The van der Waals surface area contributed by atoms with E-state index >= 15 is 0 Å². The Morgan fingerprint density at radius 1 is 1.29 bits per heavy atom. The van der Waals surface area contributed by atoms with Gasteiger partial charge in [0, 0.05) is 12.6 Å². The summed E-state index contributed by atoms with van der Waals surface area (Å²) in [6.07, 6.45) is 7.04. The number of hydrogen-bond donors (Lipinski definition) is 1. The van der Waals surface area contributed by atoms with Gasteiger partial charge < -0.3 is 14.8 Å². The fourth-order valence-corrected chi connectivity index (χ4v) is 1.47. The van der Waals surface area contributed by atoms with E-state index in [9.17, 15) is 9.59 Å². The Labute approximate surface area is 123 Å². The summed E-state index contributed by atoms with van der Waals surface area (Å²) in [5.41, 5.74) is 1.76. The summed E-state index contributed by atoms with van der Waals surface area (Å²) in [5, 5.41) is 2.72. The van der Waals surface area contributed by atoms with E-state index < -0.39 is 0 Å². The highest BCUT2D eigenvalue weighted by atomic mass is 16.5. The van der Waals surface area contributed by atoms with Gasteiger partial charge in [0.05, 0.1) is 5.57 Å². The number of allylic oxidation sites excluding steroid dienone is 1. The summed E-state index contributed by atoms with van der Waals surface area (Å²) in [6, 6.07) is 7.03. The van der Waals surface area contributed by atoms with Crippen molar-refractivity contribution in [2.24, 2.45) is 0 Å². The number of carbonyl (C=O) groups is 2. The van der Waals surface area contributed by atoms with Crippen LogP contribution in [0.4, 0.5) is 5.69 Å². The quantitative estimate of drug-likeness (QED) is 0.391. The summed E-state index contributed by atoms with van der Waals surface area (Å²) in [4.78, 5) is 22.8. The van der Waals surface area contributed by atoms with Gasteiger partial charge in [0.1, 0.15) is 18.5 Å². The molecule has 0 unspecified atom stereocenters.